The predicted molar refractivity (Wildman–Crippen MR) is 65.0 cm³/mol. The van der Waals surface area contributed by atoms with Crippen LogP contribution in [0, 0.1) is 5.92 Å². The Morgan fingerprint density at radius 1 is 1.40 bits per heavy atom. The van der Waals surface area contributed by atoms with Gasteiger partial charge in [0, 0.05) is 31.7 Å². The maximum absolute atomic E-state index is 3.69. The van der Waals surface area contributed by atoms with Gasteiger partial charge in [0.25, 0.3) is 0 Å². The van der Waals surface area contributed by atoms with Gasteiger partial charge in [0.05, 0.1) is 0 Å². The SMILES string of the molecule is CC(C)=CCN1CC(C2CC2)NCC1C. The Kier molecular flexibility index (Phi) is 3.47. The molecule has 0 radical (unpaired) electrons. The summed E-state index contributed by atoms with van der Waals surface area (Å²) in [5.41, 5.74) is 1.43. The molecule has 0 spiro atoms. The maximum atomic E-state index is 3.69. The number of nitrogens with zero attached hydrogens (tertiary/aromatic N) is 1. The van der Waals surface area contributed by atoms with Gasteiger partial charge < -0.3 is 5.32 Å². The van der Waals surface area contributed by atoms with Crippen molar-refractivity contribution < 1.29 is 0 Å². The molecule has 2 aliphatic rings. The van der Waals surface area contributed by atoms with Gasteiger partial charge in [-0.2, -0.15) is 0 Å². The number of rotatable bonds is 3. The van der Waals surface area contributed by atoms with E-state index in [0.717, 1.165) is 25.0 Å². The van der Waals surface area contributed by atoms with Gasteiger partial charge in [-0.15, -0.1) is 0 Å². The second-order valence-electron chi connectivity index (χ2n) is 5.44. The van der Waals surface area contributed by atoms with Crippen LogP contribution in [0.15, 0.2) is 11.6 Å². The van der Waals surface area contributed by atoms with Crippen molar-refractivity contribution >= 4 is 0 Å². The van der Waals surface area contributed by atoms with Crippen LogP contribution in [-0.4, -0.2) is 36.6 Å². The van der Waals surface area contributed by atoms with Crippen LogP contribution in [0.2, 0.25) is 0 Å². The van der Waals surface area contributed by atoms with Crippen LogP contribution in [0.3, 0.4) is 0 Å². The Labute approximate surface area is 93.7 Å². The first-order chi connectivity index (χ1) is 7.16. The quantitative estimate of drug-likeness (QED) is 0.714. The van der Waals surface area contributed by atoms with Crippen LogP contribution in [0.1, 0.15) is 33.6 Å². The molecule has 1 heterocycles. The molecule has 1 aliphatic heterocycles. The first-order valence-corrected chi connectivity index (χ1v) is 6.27. The summed E-state index contributed by atoms with van der Waals surface area (Å²) in [7, 11) is 0. The van der Waals surface area contributed by atoms with Crippen molar-refractivity contribution in [3.8, 4) is 0 Å². The molecule has 1 N–H and O–H groups in total. The predicted octanol–water partition coefficient (Wildman–Crippen LogP) is 2.02. The Morgan fingerprint density at radius 2 is 2.13 bits per heavy atom. The van der Waals surface area contributed by atoms with Gasteiger partial charge in [0.1, 0.15) is 0 Å². The van der Waals surface area contributed by atoms with Crippen LogP contribution in [0.25, 0.3) is 0 Å². The molecule has 2 fully saturated rings. The van der Waals surface area contributed by atoms with E-state index in [1.165, 1.54) is 25.0 Å². The summed E-state index contributed by atoms with van der Waals surface area (Å²) in [6.07, 6.45) is 5.25. The Bertz CT molecular complexity index is 239. The molecule has 86 valence electrons. The second-order valence-corrected chi connectivity index (χ2v) is 5.44. The molecule has 1 saturated heterocycles. The minimum Gasteiger partial charge on any atom is -0.311 e. The average molecular weight is 208 g/mol. The molecule has 0 aromatic rings. The molecule has 2 heteroatoms. The molecule has 15 heavy (non-hydrogen) atoms. The lowest BCUT2D eigenvalue weighted by Gasteiger charge is -2.38. The van der Waals surface area contributed by atoms with Gasteiger partial charge in [-0.3, -0.25) is 4.90 Å². The molecular formula is C13H24N2. The molecule has 0 bridgehead atoms. The third kappa shape index (κ3) is 3.05. The number of hydrogen-bond acceptors (Lipinski definition) is 2. The monoisotopic (exact) mass is 208 g/mol. The van der Waals surface area contributed by atoms with E-state index in [2.05, 4.69) is 37.1 Å². The minimum atomic E-state index is 0.690. The first kappa shape index (κ1) is 11.2. The number of nitrogens with one attached hydrogen (secondary N) is 1. The van der Waals surface area contributed by atoms with E-state index in [4.69, 9.17) is 0 Å². The molecule has 2 rings (SSSR count). The summed E-state index contributed by atoms with van der Waals surface area (Å²) >= 11 is 0. The molecule has 1 aliphatic carbocycles. The highest BCUT2D eigenvalue weighted by atomic mass is 15.2. The number of hydrogen-bond donors (Lipinski definition) is 1. The summed E-state index contributed by atoms with van der Waals surface area (Å²) in [4.78, 5) is 2.62. The van der Waals surface area contributed by atoms with Crippen molar-refractivity contribution in [2.45, 2.75) is 45.7 Å². The van der Waals surface area contributed by atoms with E-state index in [1.54, 1.807) is 0 Å². The summed E-state index contributed by atoms with van der Waals surface area (Å²) < 4.78 is 0. The second kappa shape index (κ2) is 4.67. The zero-order chi connectivity index (χ0) is 10.8. The minimum absolute atomic E-state index is 0.690. The summed E-state index contributed by atoms with van der Waals surface area (Å²) in [6, 6.07) is 1.46. The van der Waals surface area contributed by atoms with Crippen LogP contribution < -0.4 is 5.32 Å². The lowest BCUT2D eigenvalue weighted by Crippen LogP contribution is -2.56. The van der Waals surface area contributed by atoms with Crippen LogP contribution in [0.4, 0.5) is 0 Å². The van der Waals surface area contributed by atoms with E-state index in [9.17, 15) is 0 Å². The molecule has 1 saturated carbocycles. The normalized spacial score (nSPS) is 32.7. The van der Waals surface area contributed by atoms with Crippen molar-refractivity contribution in [3.05, 3.63) is 11.6 Å². The van der Waals surface area contributed by atoms with Crippen molar-refractivity contribution in [2.24, 2.45) is 5.92 Å². The molecule has 0 amide bonds. The fourth-order valence-corrected chi connectivity index (χ4v) is 2.32. The van der Waals surface area contributed by atoms with Gasteiger partial charge in [-0.25, -0.2) is 0 Å². The van der Waals surface area contributed by atoms with Crippen LogP contribution >= 0.6 is 0 Å². The summed E-state index contributed by atoms with van der Waals surface area (Å²) in [5, 5.41) is 3.69. The van der Waals surface area contributed by atoms with Gasteiger partial charge in [0.15, 0.2) is 0 Å². The zero-order valence-electron chi connectivity index (χ0n) is 10.3. The molecule has 0 aromatic carbocycles. The fourth-order valence-electron chi connectivity index (χ4n) is 2.32. The highest BCUT2D eigenvalue weighted by Gasteiger charge is 2.35. The number of allylic oxidation sites excluding steroid dienone is 1. The van der Waals surface area contributed by atoms with E-state index < -0.39 is 0 Å². The van der Waals surface area contributed by atoms with E-state index >= 15 is 0 Å². The Hall–Kier alpha value is -0.340. The lowest BCUT2D eigenvalue weighted by atomic mass is 10.1. The lowest BCUT2D eigenvalue weighted by molar-refractivity contribution is 0.147. The maximum Gasteiger partial charge on any atom is 0.0224 e. The van der Waals surface area contributed by atoms with Gasteiger partial charge >= 0.3 is 0 Å². The Balaban J connectivity index is 1.86. The van der Waals surface area contributed by atoms with E-state index in [1.807, 2.05) is 0 Å². The standard InChI is InChI=1S/C13H24N2/c1-10(2)6-7-15-9-13(12-4-5-12)14-8-11(15)3/h6,11-14H,4-5,7-9H2,1-3H3. The van der Waals surface area contributed by atoms with Crippen LogP contribution in [-0.2, 0) is 0 Å². The smallest absolute Gasteiger partial charge is 0.0224 e. The fraction of sp³-hybridized carbons (Fsp3) is 0.846. The average Bonchev–Trinajstić information content (AvgIpc) is 3.00. The zero-order valence-corrected chi connectivity index (χ0v) is 10.3. The van der Waals surface area contributed by atoms with E-state index in [-0.39, 0.29) is 0 Å². The summed E-state index contributed by atoms with van der Waals surface area (Å²) in [6.45, 7) is 10.2. The van der Waals surface area contributed by atoms with Gasteiger partial charge in [-0.1, -0.05) is 11.6 Å². The summed E-state index contributed by atoms with van der Waals surface area (Å²) in [5.74, 6) is 0.978. The van der Waals surface area contributed by atoms with Crippen molar-refractivity contribution in [1.29, 1.82) is 0 Å². The molecule has 2 unspecified atom stereocenters. The highest BCUT2D eigenvalue weighted by molar-refractivity contribution is 4.99. The highest BCUT2D eigenvalue weighted by Crippen LogP contribution is 2.34. The number of piperazine rings is 1. The molecule has 2 nitrogen and oxygen atoms in total. The van der Waals surface area contributed by atoms with Crippen molar-refractivity contribution in [2.75, 3.05) is 19.6 Å². The van der Waals surface area contributed by atoms with Gasteiger partial charge in [-0.05, 0) is 39.5 Å². The largest absolute Gasteiger partial charge is 0.311 e. The molecule has 0 aromatic heterocycles. The van der Waals surface area contributed by atoms with Crippen molar-refractivity contribution in [3.63, 3.8) is 0 Å². The third-order valence-corrected chi connectivity index (χ3v) is 3.66. The Morgan fingerprint density at radius 3 is 2.73 bits per heavy atom. The third-order valence-electron chi connectivity index (χ3n) is 3.66. The first-order valence-electron chi connectivity index (χ1n) is 6.27. The molecule has 2 atom stereocenters. The molecular weight excluding hydrogens is 184 g/mol. The van der Waals surface area contributed by atoms with Gasteiger partial charge in [0.2, 0.25) is 0 Å². The van der Waals surface area contributed by atoms with Crippen LogP contribution in [0.5, 0.6) is 0 Å². The topological polar surface area (TPSA) is 15.3 Å². The van der Waals surface area contributed by atoms with Crippen molar-refractivity contribution in [1.82, 2.24) is 10.2 Å². The van der Waals surface area contributed by atoms with E-state index in [0.29, 0.717) is 6.04 Å².